The van der Waals surface area contributed by atoms with Gasteiger partial charge in [0.1, 0.15) is 0 Å². The Balaban J connectivity index is 2.46. The molecule has 0 aliphatic carbocycles. The predicted octanol–water partition coefficient (Wildman–Crippen LogP) is 3.01. The Bertz CT molecular complexity index is 148. The number of rotatable bonds is 3. The third-order valence-corrected chi connectivity index (χ3v) is 4.66. The molecule has 0 aromatic rings. The molecule has 0 aromatic carbocycles. The molecule has 1 aliphatic heterocycles. The smallest absolute Gasteiger partial charge is 0.0978 e. The molecule has 1 fully saturated rings. The minimum atomic E-state index is 0.435. The molecule has 1 heterocycles. The molecule has 72 valence electrons. The second-order valence-electron chi connectivity index (χ2n) is 3.13. The van der Waals surface area contributed by atoms with Crippen molar-refractivity contribution < 1.29 is 4.74 Å². The van der Waals surface area contributed by atoms with E-state index in [4.69, 9.17) is 4.74 Å². The molecule has 0 radical (unpaired) electrons. The number of hydrogen-bond acceptors (Lipinski definition) is 1. The molecule has 0 saturated carbocycles. The van der Waals surface area contributed by atoms with Crippen LogP contribution in [0.4, 0.5) is 0 Å². The molecule has 0 aromatic heterocycles. The maximum atomic E-state index is 5.76. The van der Waals surface area contributed by atoms with E-state index in [0.717, 1.165) is 6.61 Å². The highest BCUT2D eigenvalue weighted by atomic mass is 32.2. The third-order valence-electron chi connectivity index (χ3n) is 2.19. The van der Waals surface area contributed by atoms with Crippen molar-refractivity contribution in [3.63, 3.8) is 0 Å². The van der Waals surface area contributed by atoms with Crippen molar-refractivity contribution in [3.05, 3.63) is 0 Å². The summed E-state index contributed by atoms with van der Waals surface area (Å²) < 4.78 is 5.76. The summed E-state index contributed by atoms with van der Waals surface area (Å²) in [6.45, 7) is 5.48. The highest BCUT2D eigenvalue weighted by Crippen LogP contribution is 2.28. The Morgan fingerprint density at radius 1 is 1.42 bits per heavy atom. The van der Waals surface area contributed by atoms with Gasteiger partial charge in [-0.15, -0.1) is 0 Å². The van der Waals surface area contributed by atoms with Crippen molar-refractivity contribution >= 4 is 15.9 Å². The average molecular weight is 188 g/mol. The van der Waals surface area contributed by atoms with Gasteiger partial charge in [-0.3, -0.25) is 0 Å². The van der Waals surface area contributed by atoms with E-state index in [1.807, 2.05) is 0 Å². The van der Waals surface area contributed by atoms with Crippen LogP contribution in [-0.4, -0.2) is 23.2 Å². The van der Waals surface area contributed by atoms with E-state index in [1.54, 1.807) is 0 Å². The summed E-state index contributed by atoms with van der Waals surface area (Å²) in [6, 6.07) is 0. The second-order valence-corrected chi connectivity index (χ2v) is 5.50. The van der Waals surface area contributed by atoms with E-state index in [-0.39, 0.29) is 0 Å². The van der Waals surface area contributed by atoms with Crippen LogP contribution in [0.2, 0.25) is 0 Å². The van der Waals surface area contributed by atoms with Crippen molar-refractivity contribution in [3.8, 4) is 0 Å². The largest absolute Gasteiger partial charge is 0.368 e. The lowest BCUT2D eigenvalue weighted by Crippen LogP contribution is -2.17. The van der Waals surface area contributed by atoms with E-state index < -0.39 is 0 Å². The summed E-state index contributed by atoms with van der Waals surface area (Å²) >= 11 is 0. The predicted molar refractivity (Wildman–Crippen MR) is 58.1 cm³/mol. The molecule has 12 heavy (non-hydrogen) atoms. The van der Waals surface area contributed by atoms with Crippen molar-refractivity contribution in [2.75, 3.05) is 12.4 Å². The van der Waals surface area contributed by atoms with E-state index in [2.05, 4.69) is 19.2 Å². The topological polar surface area (TPSA) is 9.23 Å². The zero-order chi connectivity index (χ0) is 8.81. The van der Waals surface area contributed by atoms with Gasteiger partial charge in [-0.05, 0) is 31.4 Å². The van der Waals surface area contributed by atoms with E-state index in [0.29, 0.717) is 15.9 Å². The van der Waals surface area contributed by atoms with Gasteiger partial charge in [-0.2, -0.15) is 10.5 Å². The molecule has 1 nitrogen and oxygen atoms in total. The first-order chi connectivity index (χ1) is 5.88. The zero-order valence-corrected chi connectivity index (χ0v) is 9.03. The van der Waals surface area contributed by atoms with Crippen LogP contribution in [0.25, 0.3) is 0 Å². The van der Waals surface area contributed by atoms with Gasteiger partial charge in [0.15, 0.2) is 0 Å². The summed E-state index contributed by atoms with van der Waals surface area (Å²) in [6.07, 6.45) is 5.11. The van der Waals surface area contributed by atoms with Gasteiger partial charge < -0.3 is 4.74 Å². The fourth-order valence-corrected chi connectivity index (χ4v) is 3.57. The molecule has 0 N–H and O–H groups in total. The first-order valence-electron chi connectivity index (χ1n) is 5.02. The highest BCUT2D eigenvalue weighted by Gasteiger charge is 2.15. The van der Waals surface area contributed by atoms with Crippen molar-refractivity contribution in [2.24, 2.45) is 0 Å². The van der Waals surface area contributed by atoms with Crippen LogP contribution in [0.1, 0.15) is 39.5 Å². The van der Waals surface area contributed by atoms with Gasteiger partial charge in [-0.1, -0.05) is 19.2 Å². The third kappa shape index (κ3) is 2.91. The minimum absolute atomic E-state index is 0.435. The van der Waals surface area contributed by atoms with E-state index >= 15 is 0 Å². The quantitative estimate of drug-likeness (QED) is 0.619. The normalized spacial score (nSPS) is 27.3. The average Bonchev–Trinajstić information content (AvgIpc) is 2.15. The molecule has 0 bridgehead atoms. The fraction of sp³-hybridized carbons (Fsp3) is 0.900. The maximum absolute atomic E-state index is 5.76. The van der Waals surface area contributed by atoms with Crippen LogP contribution in [0.15, 0.2) is 0 Å². The molecular weight excluding hydrogens is 168 g/mol. The standard InChI is InChI=1S/C10H20OS/c1-3-9-12(4-2)10-7-5-6-8-11-10/h9-10H,3-8H2,1-2H3. The minimum Gasteiger partial charge on any atom is -0.368 e. The van der Waals surface area contributed by atoms with Crippen LogP contribution in [0.3, 0.4) is 0 Å². The Labute approximate surface area is 78.4 Å². The Hall–Kier alpha value is 0.180. The van der Waals surface area contributed by atoms with Crippen molar-refractivity contribution in [1.29, 1.82) is 0 Å². The molecule has 2 unspecified atom stereocenters. The molecule has 2 heteroatoms. The first kappa shape index (κ1) is 10.3. The van der Waals surface area contributed by atoms with Crippen LogP contribution < -0.4 is 0 Å². The molecule has 0 amide bonds. The van der Waals surface area contributed by atoms with Gasteiger partial charge in [0.05, 0.1) is 5.44 Å². The second kappa shape index (κ2) is 5.76. The SMILES string of the molecule is CCC=S(CC)C1CCCCO1. The van der Waals surface area contributed by atoms with Crippen molar-refractivity contribution in [1.82, 2.24) is 0 Å². The van der Waals surface area contributed by atoms with Gasteiger partial charge in [0.25, 0.3) is 0 Å². The highest BCUT2D eigenvalue weighted by molar-refractivity contribution is 8.15. The summed E-state index contributed by atoms with van der Waals surface area (Å²) in [5.41, 5.74) is 0.559. The number of hydrogen-bond donors (Lipinski definition) is 0. The molecule has 2 atom stereocenters. The lowest BCUT2D eigenvalue weighted by atomic mass is 10.2. The van der Waals surface area contributed by atoms with Gasteiger partial charge in [0, 0.05) is 6.61 Å². The summed E-state index contributed by atoms with van der Waals surface area (Å²) in [7, 11) is 0.435. The molecule has 0 spiro atoms. The fourth-order valence-electron chi connectivity index (χ4n) is 1.58. The van der Waals surface area contributed by atoms with Gasteiger partial charge in [0.2, 0.25) is 0 Å². The van der Waals surface area contributed by atoms with Crippen LogP contribution in [-0.2, 0) is 4.74 Å². The lowest BCUT2D eigenvalue weighted by molar-refractivity contribution is 0.0725. The zero-order valence-electron chi connectivity index (χ0n) is 8.21. The molecular formula is C10H20OS. The number of ether oxygens (including phenoxy) is 1. The van der Waals surface area contributed by atoms with Crippen LogP contribution in [0.5, 0.6) is 0 Å². The van der Waals surface area contributed by atoms with E-state index in [9.17, 15) is 0 Å². The Morgan fingerprint density at radius 2 is 2.25 bits per heavy atom. The Morgan fingerprint density at radius 3 is 2.75 bits per heavy atom. The maximum Gasteiger partial charge on any atom is 0.0978 e. The molecule has 1 aliphatic rings. The molecule has 1 saturated heterocycles. The lowest BCUT2D eigenvalue weighted by Gasteiger charge is -2.25. The van der Waals surface area contributed by atoms with Crippen LogP contribution >= 0.6 is 10.5 Å². The van der Waals surface area contributed by atoms with Crippen LogP contribution in [0, 0.1) is 0 Å². The first-order valence-corrected chi connectivity index (χ1v) is 6.54. The monoisotopic (exact) mass is 188 g/mol. The van der Waals surface area contributed by atoms with Gasteiger partial charge >= 0.3 is 0 Å². The van der Waals surface area contributed by atoms with Gasteiger partial charge in [-0.25, -0.2) is 0 Å². The van der Waals surface area contributed by atoms with Crippen molar-refractivity contribution in [2.45, 2.75) is 45.0 Å². The Kier molecular flexibility index (Phi) is 4.93. The summed E-state index contributed by atoms with van der Waals surface area (Å²) in [5.74, 6) is 1.26. The van der Waals surface area contributed by atoms with E-state index in [1.165, 1.54) is 31.4 Å². The summed E-state index contributed by atoms with van der Waals surface area (Å²) in [5, 5.41) is 2.44. The summed E-state index contributed by atoms with van der Waals surface area (Å²) in [4.78, 5) is 0. The molecule has 1 rings (SSSR count).